The molecule has 12 heavy (non-hydrogen) atoms. The van der Waals surface area contributed by atoms with Gasteiger partial charge >= 0.3 is 0 Å². The van der Waals surface area contributed by atoms with Crippen LogP contribution in [-0.4, -0.2) is 24.3 Å². The highest BCUT2D eigenvalue weighted by atomic mass is 32.2. The first kappa shape index (κ1) is 12.1. The lowest BCUT2D eigenvalue weighted by Gasteiger charge is -2.30. The highest BCUT2D eigenvalue weighted by Gasteiger charge is 2.38. The smallest absolute Gasteiger partial charge is 0.139 e. The lowest BCUT2D eigenvalue weighted by molar-refractivity contribution is 0.108. The Labute approximate surface area is 76.3 Å². The van der Waals surface area contributed by atoms with Crippen LogP contribution in [0.2, 0.25) is 0 Å². The fraction of sp³-hybridized carbons (Fsp3) is 1.00. The summed E-state index contributed by atoms with van der Waals surface area (Å²) in [5.74, 6) is 0. The SMILES string of the molecule is CCC(C)(O)S(=O)C(C)(O)CC. The Balaban J connectivity index is 4.60. The van der Waals surface area contributed by atoms with Gasteiger partial charge in [-0.2, -0.15) is 0 Å². The van der Waals surface area contributed by atoms with Crippen LogP contribution >= 0.6 is 0 Å². The van der Waals surface area contributed by atoms with E-state index in [0.717, 1.165) is 0 Å². The van der Waals surface area contributed by atoms with Crippen molar-refractivity contribution in [1.82, 2.24) is 0 Å². The largest absolute Gasteiger partial charge is 0.377 e. The van der Waals surface area contributed by atoms with Crippen LogP contribution in [0, 0.1) is 0 Å². The minimum Gasteiger partial charge on any atom is -0.377 e. The summed E-state index contributed by atoms with van der Waals surface area (Å²) < 4.78 is 11.6. The second-order valence-electron chi connectivity index (χ2n) is 3.33. The summed E-state index contributed by atoms with van der Waals surface area (Å²) in [4.78, 5) is -2.58. The molecule has 74 valence electrons. The molecule has 0 radical (unpaired) electrons. The van der Waals surface area contributed by atoms with Crippen molar-refractivity contribution < 1.29 is 14.4 Å². The van der Waals surface area contributed by atoms with Crippen molar-refractivity contribution in [2.45, 2.75) is 50.4 Å². The summed E-state index contributed by atoms with van der Waals surface area (Å²) in [5, 5.41) is 19.2. The fourth-order valence-electron chi connectivity index (χ4n) is 0.736. The Bertz CT molecular complexity index is 157. The Morgan fingerprint density at radius 1 is 1.08 bits per heavy atom. The molecule has 0 aliphatic heterocycles. The van der Waals surface area contributed by atoms with E-state index in [0.29, 0.717) is 12.8 Å². The molecule has 0 bridgehead atoms. The van der Waals surface area contributed by atoms with Crippen LogP contribution in [0.1, 0.15) is 40.5 Å². The Kier molecular flexibility index (Phi) is 3.87. The Morgan fingerprint density at radius 2 is 1.33 bits per heavy atom. The monoisotopic (exact) mass is 194 g/mol. The summed E-state index contributed by atoms with van der Waals surface area (Å²) in [6.07, 6.45) is 0.742. The molecule has 3 nitrogen and oxygen atoms in total. The molecule has 2 N–H and O–H groups in total. The summed E-state index contributed by atoms with van der Waals surface area (Å²) >= 11 is 0. The van der Waals surface area contributed by atoms with Crippen LogP contribution < -0.4 is 0 Å². The van der Waals surface area contributed by atoms with E-state index < -0.39 is 20.7 Å². The third-order valence-corrected chi connectivity index (χ3v) is 4.29. The maximum absolute atomic E-state index is 11.6. The van der Waals surface area contributed by atoms with E-state index in [1.165, 1.54) is 13.8 Å². The second kappa shape index (κ2) is 3.85. The maximum Gasteiger partial charge on any atom is 0.139 e. The van der Waals surface area contributed by atoms with Gasteiger partial charge in [0.15, 0.2) is 0 Å². The van der Waals surface area contributed by atoms with E-state index in [4.69, 9.17) is 0 Å². The van der Waals surface area contributed by atoms with Gasteiger partial charge in [-0.05, 0) is 26.7 Å². The number of hydrogen-bond acceptors (Lipinski definition) is 3. The van der Waals surface area contributed by atoms with Gasteiger partial charge in [-0.3, -0.25) is 4.21 Å². The molecule has 0 amide bonds. The molecular weight excluding hydrogens is 176 g/mol. The van der Waals surface area contributed by atoms with E-state index in [-0.39, 0.29) is 0 Å². The molecule has 4 heteroatoms. The first-order chi connectivity index (χ1) is 5.28. The van der Waals surface area contributed by atoms with Crippen LogP contribution in [0.25, 0.3) is 0 Å². The van der Waals surface area contributed by atoms with E-state index in [1.54, 1.807) is 13.8 Å². The number of rotatable bonds is 4. The van der Waals surface area contributed by atoms with Crippen molar-refractivity contribution >= 4 is 10.8 Å². The number of aliphatic hydroxyl groups is 2. The summed E-state index contributed by atoms with van der Waals surface area (Å²) in [7, 11) is -1.63. The van der Waals surface area contributed by atoms with Gasteiger partial charge in [0.05, 0.1) is 10.8 Å². The van der Waals surface area contributed by atoms with Gasteiger partial charge in [-0.15, -0.1) is 0 Å². The zero-order valence-corrected chi connectivity index (χ0v) is 8.94. The van der Waals surface area contributed by atoms with Crippen LogP contribution in [0.15, 0.2) is 0 Å². The molecule has 0 aliphatic carbocycles. The summed E-state index contributed by atoms with van der Waals surface area (Å²) in [6.45, 7) is 6.44. The predicted molar refractivity (Wildman–Crippen MR) is 50.0 cm³/mol. The molecule has 0 aromatic rings. The normalized spacial score (nSPS) is 24.2. The molecule has 0 rings (SSSR count). The predicted octanol–water partition coefficient (Wildman–Crippen LogP) is 0.972. The lowest BCUT2D eigenvalue weighted by Crippen LogP contribution is -2.43. The van der Waals surface area contributed by atoms with E-state index in [1.807, 2.05) is 0 Å². The van der Waals surface area contributed by atoms with E-state index in [9.17, 15) is 14.4 Å². The van der Waals surface area contributed by atoms with Crippen molar-refractivity contribution in [2.24, 2.45) is 0 Å². The fourth-order valence-corrected chi connectivity index (χ4v) is 2.21. The molecule has 0 heterocycles. The van der Waals surface area contributed by atoms with Gasteiger partial charge in [0.25, 0.3) is 0 Å². The van der Waals surface area contributed by atoms with E-state index >= 15 is 0 Å². The first-order valence-corrected chi connectivity index (χ1v) is 5.29. The Hall–Kier alpha value is 0.0700. The topological polar surface area (TPSA) is 57.5 Å². The average Bonchev–Trinajstić information content (AvgIpc) is 2.03. The van der Waals surface area contributed by atoms with Crippen LogP contribution in [0.3, 0.4) is 0 Å². The maximum atomic E-state index is 11.6. The van der Waals surface area contributed by atoms with Gasteiger partial charge < -0.3 is 10.2 Å². The Morgan fingerprint density at radius 3 is 1.50 bits per heavy atom. The standard InChI is InChI=1S/C8H18O3S/c1-5-7(3,9)12(11)8(4,10)6-2/h9-10H,5-6H2,1-4H3. The van der Waals surface area contributed by atoms with Gasteiger partial charge in [-0.25, -0.2) is 0 Å². The van der Waals surface area contributed by atoms with Gasteiger partial charge in [0.1, 0.15) is 9.87 Å². The van der Waals surface area contributed by atoms with Crippen molar-refractivity contribution in [3.05, 3.63) is 0 Å². The van der Waals surface area contributed by atoms with Crippen LogP contribution in [0.4, 0.5) is 0 Å². The van der Waals surface area contributed by atoms with Crippen molar-refractivity contribution in [3.63, 3.8) is 0 Å². The van der Waals surface area contributed by atoms with Gasteiger partial charge in [0, 0.05) is 0 Å². The first-order valence-electron chi connectivity index (χ1n) is 4.14. The summed E-state index contributed by atoms with van der Waals surface area (Å²) in [5.41, 5.74) is 0. The lowest BCUT2D eigenvalue weighted by atomic mass is 10.3. The minimum absolute atomic E-state index is 0.371. The molecule has 2 atom stereocenters. The molecule has 0 aromatic carbocycles. The zero-order chi connectivity index (χ0) is 9.99. The van der Waals surface area contributed by atoms with Crippen molar-refractivity contribution in [1.29, 1.82) is 0 Å². The molecule has 0 aliphatic rings. The molecule has 0 spiro atoms. The highest BCUT2D eigenvalue weighted by molar-refractivity contribution is 7.87. The third-order valence-electron chi connectivity index (χ3n) is 2.11. The third kappa shape index (κ3) is 2.54. The minimum atomic E-state index is -1.63. The van der Waals surface area contributed by atoms with Crippen molar-refractivity contribution in [2.75, 3.05) is 0 Å². The van der Waals surface area contributed by atoms with Crippen LogP contribution in [-0.2, 0) is 10.8 Å². The molecular formula is C8H18O3S. The molecule has 0 aromatic heterocycles. The zero-order valence-electron chi connectivity index (χ0n) is 8.13. The highest BCUT2D eigenvalue weighted by Crippen LogP contribution is 2.26. The second-order valence-corrected chi connectivity index (χ2v) is 5.62. The van der Waals surface area contributed by atoms with Gasteiger partial charge in [0.2, 0.25) is 0 Å². The molecule has 0 fully saturated rings. The van der Waals surface area contributed by atoms with Crippen LogP contribution in [0.5, 0.6) is 0 Å². The molecule has 0 saturated carbocycles. The summed E-state index contributed by atoms with van der Waals surface area (Å²) in [6, 6.07) is 0. The number of hydrogen-bond donors (Lipinski definition) is 2. The van der Waals surface area contributed by atoms with E-state index in [2.05, 4.69) is 0 Å². The molecule has 0 saturated heterocycles. The van der Waals surface area contributed by atoms with Crippen molar-refractivity contribution in [3.8, 4) is 0 Å². The van der Waals surface area contributed by atoms with Gasteiger partial charge in [-0.1, -0.05) is 13.8 Å². The quantitative estimate of drug-likeness (QED) is 0.701. The average molecular weight is 194 g/mol. The molecule has 2 unspecified atom stereocenters.